The number of carbonyl (C=O) groups excluding carboxylic acids is 1. The van der Waals surface area contributed by atoms with E-state index in [4.69, 9.17) is 4.74 Å². The van der Waals surface area contributed by atoms with Gasteiger partial charge in [0, 0.05) is 11.8 Å². The molecule has 0 aliphatic rings. The van der Waals surface area contributed by atoms with Crippen LogP contribution in [0.5, 0.6) is 5.75 Å². The molecule has 2 amide bonds. The van der Waals surface area contributed by atoms with Gasteiger partial charge in [0.15, 0.2) is 0 Å². The molecule has 1 aromatic heterocycles. The fraction of sp³-hybridized carbons (Fsp3) is 0.0833. The highest BCUT2D eigenvalue weighted by atomic mass is 16.5. The molecule has 0 fully saturated rings. The van der Waals surface area contributed by atoms with E-state index in [9.17, 15) is 9.59 Å². The summed E-state index contributed by atoms with van der Waals surface area (Å²) in [5.74, 6) is 0.621. The van der Waals surface area contributed by atoms with Crippen LogP contribution in [0.25, 0.3) is 11.4 Å². The molecule has 0 saturated heterocycles. The van der Waals surface area contributed by atoms with Gasteiger partial charge in [-0.2, -0.15) is 0 Å². The largest absolute Gasteiger partial charge is 0.497 e. The quantitative estimate of drug-likeness (QED) is 0.501. The van der Waals surface area contributed by atoms with Crippen molar-refractivity contribution in [1.29, 1.82) is 0 Å². The van der Waals surface area contributed by atoms with Crippen LogP contribution >= 0.6 is 0 Å². The number of ether oxygens (including phenoxy) is 1. The van der Waals surface area contributed by atoms with Crippen molar-refractivity contribution in [1.82, 2.24) is 9.36 Å². The maximum Gasteiger partial charge on any atom is 0.323 e. The monoisotopic (exact) mass is 414 g/mol. The number of anilines is 2. The van der Waals surface area contributed by atoms with Crippen molar-refractivity contribution in [2.75, 3.05) is 17.7 Å². The van der Waals surface area contributed by atoms with Crippen LogP contribution in [0.2, 0.25) is 0 Å². The van der Waals surface area contributed by atoms with Gasteiger partial charge in [0.2, 0.25) is 0 Å². The minimum atomic E-state index is -0.515. The lowest BCUT2D eigenvalue weighted by Gasteiger charge is -2.13. The smallest absolute Gasteiger partial charge is 0.323 e. The van der Waals surface area contributed by atoms with E-state index < -0.39 is 6.03 Å². The zero-order valence-electron chi connectivity index (χ0n) is 17.2. The molecular formula is C24H22N4O3. The number of nitrogens with one attached hydrogen (secondary N) is 2. The van der Waals surface area contributed by atoms with Crippen molar-refractivity contribution in [3.05, 3.63) is 101 Å². The molecule has 31 heavy (non-hydrogen) atoms. The summed E-state index contributed by atoms with van der Waals surface area (Å²) in [6.45, 7) is 1.80. The Morgan fingerprint density at radius 3 is 2.03 bits per heavy atom. The first-order chi connectivity index (χ1) is 15.1. The van der Waals surface area contributed by atoms with Crippen molar-refractivity contribution < 1.29 is 9.53 Å². The highest BCUT2D eigenvalue weighted by Crippen LogP contribution is 2.21. The summed E-state index contributed by atoms with van der Waals surface area (Å²) < 4.78 is 8.52. The molecule has 0 atom stereocenters. The van der Waals surface area contributed by atoms with E-state index >= 15 is 0 Å². The molecular weight excluding hydrogens is 392 g/mol. The van der Waals surface area contributed by atoms with Gasteiger partial charge in [0.1, 0.15) is 11.4 Å². The fourth-order valence-corrected chi connectivity index (χ4v) is 3.41. The molecule has 1 heterocycles. The van der Waals surface area contributed by atoms with Crippen molar-refractivity contribution in [3.63, 3.8) is 0 Å². The summed E-state index contributed by atoms with van der Waals surface area (Å²) in [7, 11) is 1.56. The number of para-hydroxylation sites is 2. The third-order valence-electron chi connectivity index (χ3n) is 4.85. The number of hydrogen-bond acceptors (Lipinski definition) is 3. The second kappa shape index (κ2) is 8.62. The molecule has 0 spiro atoms. The first-order valence-electron chi connectivity index (χ1n) is 9.76. The molecule has 4 rings (SSSR count). The molecule has 0 bridgehead atoms. The Labute approximate surface area is 179 Å². The van der Waals surface area contributed by atoms with Crippen LogP contribution in [0.15, 0.2) is 89.7 Å². The van der Waals surface area contributed by atoms with Gasteiger partial charge in [-0.1, -0.05) is 42.5 Å². The number of methoxy groups -OCH3 is 1. The van der Waals surface area contributed by atoms with Gasteiger partial charge in [-0.25, -0.2) is 14.2 Å². The minimum absolute atomic E-state index is 0.202. The van der Waals surface area contributed by atoms with Crippen LogP contribution in [-0.4, -0.2) is 22.5 Å². The zero-order chi connectivity index (χ0) is 21.8. The van der Waals surface area contributed by atoms with Crippen LogP contribution < -0.4 is 20.9 Å². The number of urea groups is 1. The average molecular weight is 414 g/mol. The number of hydrogen-bond donors (Lipinski definition) is 2. The Bertz CT molecular complexity index is 1260. The van der Waals surface area contributed by atoms with Crippen LogP contribution in [0.1, 0.15) is 5.69 Å². The zero-order valence-corrected chi connectivity index (χ0v) is 17.2. The second-order valence-electron chi connectivity index (χ2n) is 6.87. The van der Waals surface area contributed by atoms with E-state index in [1.807, 2.05) is 60.7 Å². The third-order valence-corrected chi connectivity index (χ3v) is 4.85. The Morgan fingerprint density at radius 1 is 0.806 bits per heavy atom. The predicted molar refractivity (Wildman–Crippen MR) is 122 cm³/mol. The van der Waals surface area contributed by atoms with Gasteiger partial charge in [0.05, 0.1) is 24.2 Å². The van der Waals surface area contributed by atoms with Crippen LogP contribution in [-0.2, 0) is 0 Å². The van der Waals surface area contributed by atoms with Gasteiger partial charge in [-0.05, 0) is 43.3 Å². The van der Waals surface area contributed by atoms with Crippen molar-refractivity contribution in [2.45, 2.75) is 6.92 Å². The van der Waals surface area contributed by atoms with Crippen molar-refractivity contribution in [3.8, 4) is 17.1 Å². The molecule has 156 valence electrons. The maximum atomic E-state index is 13.4. The van der Waals surface area contributed by atoms with Crippen LogP contribution in [0.4, 0.5) is 16.2 Å². The lowest BCUT2D eigenvalue weighted by Crippen LogP contribution is -2.25. The molecule has 0 aliphatic carbocycles. The van der Waals surface area contributed by atoms with Gasteiger partial charge >= 0.3 is 6.03 Å². The van der Waals surface area contributed by atoms with Crippen LogP contribution in [0, 0.1) is 6.92 Å². The summed E-state index contributed by atoms with van der Waals surface area (Å²) in [5.41, 5.74) is 2.55. The van der Waals surface area contributed by atoms with Crippen molar-refractivity contribution in [2.24, 2.45) is 0 Å². The van der Waals surface area contributed by atoms with Crippen LogP contribution in [0.3, 0.4) is 0 Å². The second-order valence-corrected chi connectivity index (χ2v) is 6.87. The van der Waals surface area contributed by atoms with Crippen molar-refractivity contribution >= 4 is 17.4 Å². The molecule has 7 heteroatoms. The SMILES string of the molecule is COc1cccc(NC(=O)Nc2c(C)n(-c3ccccc3)n(-c3ccccc3)c2=O)c1. The lowest BCUT2D eigenvalue weighted by molar-refractivity contribution is 0.262. The predicted octanol–water partition coefficient (Wildman–Crippen LogP) is 4.59. The number of carbonyl (C=O) groups is 1. The Morgan fingerprint density at radius 2 is 1.42 bits per heavy atom. The van der Waals surface area contributed by atoms with E-state index in [1.54, 1.807) is 47.7 Å². The molecule has 2 N–H and O–H groups in total. The normalized spacial score (nSPS) is 10.5. The van der Waals surface area contributed by atoms with E-state index in [0.717, 1.165) is 5.69 Å². The molecule has 0 unspecified atom stereocenters. The highest BCUT2D eigenvalue weighted by Gasteiger charge is 2.21. The summed E-state index contributed by atoms with van der Waals surface area (Å²) in [6, 6.07) is 25.3. The molecule has 4 aromatic rings. The molecule has 0 radical (unpaired) electrons. The molecule has 7 nitrogen and oxygen atoms in total. The Kier molecular flexibility index (Phi) is 5.57. The number of rotatable bonds is 5. The van der Waals surface area contributed by atoms with Gasteiger partial charge in [-0.3, -0.25) is 4.79 Å². The third kappa shape index (κ3) is 4.06. The maximum absolute atomic E-state index is 13.4. The van der Waals surface area contributed by atoms with E-state index in [1.165, 1.54) is 0 Å². The number of aromatic nitrogens is 2. The first kappa shape index (κ1) is 20.0. The van der Waals surface area contributed by atoms with Gasteiger partial charge in [0.25, 0.3) is 5.56 Å². The number of benzene rings is 3. The van der Waals surface area contributed by atoms with Gasteiger partial charge < -0.3 is 15.4 Å². The fourth-order valence-electron chi connectivity index (χ4n) is 3.41. The summed E-state index contributed by atoms with van der Waals surface area (Å²) >= 11 is 0. The van der Waals surface area contributed by atoms with E-state index in [-0.39, 0.29) is 11.2 Å². The highest BCUT2D eigenvalue weighted by molar-refractivity contribution is 6.00. The standard InChI is InChI=1S/C24H22N4O3/c1-17-22(26-24(30)25-18-10-9-15-21(16-18)31-2)23(29)28(20-13-7-4-8-14-20)27(17)19-11-5-3-6-12-19/h3-16H,1-2H3,(H2,25,26,30). The summed E-state index contributed by atoms with van der Waals surface area (Å²) in [4.78, 5) is 26.0. The number of amides is 2. The summed E-state index contributed by atoms with van der Waals surface area (Å²) in [5, 5.41) is 5.46. The first-order valence-corrected chi connectivity index (χ1v) is 9.76. The van der Waals surface area contributed by atoms with E-state index in [2.05, 4.69) is 10.6 Å². The lowest BCUT2D eigenvalue weighted by atomic mass is 10.3. The van der Waals surface area contributed by atoms with E-state index in [0.29, 0.717) is 22.8 Å². The number of nitrogens with zero attached hydrogens (tertiary/aromatic N) is 2. The molecule has 3 aromatic carbocycles. The topological polar surface area (TPSA) is 77.3 Å². The molecule has 0 aliphatic heterocycles. The summed E-state index contributed by atoms with van der Waals surface area (Å²) in [6.07, 6.45) is 0. The Hall–Kier alpha value is -4.26. The average Bonchev–Trinajstić information content (AvgIpc) is 3.05. The van der Waals surface area contributed by atoms with Gasteiger partial charge in [-0.15, -0.1) is 0 Å². The Balaban J connectivity index is 1.74. The minimum Gasteiger partial charge on any atom is -0.497 e. The molecule has 0 saturated carbocycles.